The van der Waals surface area contributed by atoms with Crippen LogP contribution in [0.5, 0.6) is 0 Å². The molecule has 1 saturated carbocycles. The van der Waals surface area contributed by atoms with Crippen LogP contribution in [0.2, 0.25) is 0 Å². The van der Waals surface area contributed by atoms with E-state index in [1.165, 1.54) is 44.9 Å². The highest BCUT2D eigenvalue weighted by Gasteiger charge is 2.20. The second-order valence-corrected chi connectivity index (χ2v) is 5.27. The molecule has 1 heterocycles. The molecule has 1 aromatic rings. The van der Waals surface area contributed by atoms with Gasteiger partial charge in [-0.25, -0.2) is 4.98 Å². The predicted molar refractivity (Wildman–Crippen MR) is 68.5 cm³/mol. The Morgan fingerprint density at radius 2 is 1.94 bits per heavy atom. The van der Waals surface area contributed by atoms with Crippen molar-refractivity contribution in [1.29, 1.82) is 0 Å². The summed E-state index contributed by atoms with van der Waals surface area (Å²) < 4.78 is 1.84. The van der Waals surface area contributed by atoms with E-state index in [4.69, 9.17) is 5.73 Å². The van der Waals surface area contributed by atoms with Gasteiger partial charge in [0.15, 0.2) is 0 Å². The smallest absolute Gasteiger partial charge is 0.138 e. The minimum absolute atomic E-state index is 0.246. The number of rotatable bonds is 3. The molecule has 96 valence electrons. The van der Waals surface area contributed by atoms with Crippen molar-refractivity contribution in [3.63, 3.8) is 0 Å². The van der Waals surface area contributed by atoms with Gasteiger partial charge in [0.25, 0.3) is 0 Å². The van der Waals surface area contributed by atoms with Gasteiger partial charge in [-0.2, -0.15) is 5.10 Å². The Kier molecular flexibility index (Phi) is 4.54. The van der Waals surface area contributed by atoms with Crippen LogP contribution in [0.1, 0.15) is 50.8 Å². The fraction of sp³-hybridized carbons (Fsp3) is 0.846. The Labute approximate surface area is 104 Å². The summed E-state index contributed by atoms with van der Waals surface area (Å²) in [5, 5.41) is 4.10. The highest BCUT2D eigenvalue weighted by atomic mass is 15.3. The van der Waals surface area contributed by atoms with Crippen LogP contribution < -0.4 is 5.73 Å². The zero-order valence-electron chi connectivity index (χ0n) is 10.8. The molecule has 1 atom stereocenters. The van der Waals surface area contributed by atoms with Crippen LogP contribution in [0.15, 0.2) is 6.33 Å². The van der Waals surface area contributed by atoms with Crippen LogP contribution in [0.4, 0.5) is 0 Å². The highest BCUT2D eigenvalue weighted by molar-refractivity contribution is 4.90. The van der Waals surface area contributed by atoms with E-state index in [1.807, 2.05) is 11.7 Å². The van der Waals surface area contributed by atoms with E-state index in [9.17, 15) is 0 Å². The predicted octanol–water partition coefficient (Wildman–Crippen LogP) is 2.05. The summed E-state index contributed by atoms with van der Waals surface area (Å²) in [5.41, 5.74) is 6.35. The molecule has 0 aromatic carbocycles. The molecule has 17 heavy (non-hydrogen) atoms. The first-order valence-corrected chi connectivity index (χ1v) is 6.86. The number of aryl methyl sites for hydroxylation is 1. The molecule has 1 unspecified atom stereocenters. The summed E-state index contributed by atoms with van der Waals surface area (Å²) >= 11 is 0. The summed E-state index contributed by atoms with van der Waals surface area (Å²) in [6.07, 6.45) is 11.9. The Morgan fingerprint density at radius 1 is 1.29 bits per heavy atom. The van der Waals surface area contributed by atoms with Crippen LogP contribution in [0.3, 0.4) is 0 Å². The minimum Gasteiger partial charge on any atom is -0.327 e. The summed E-state index contributed by atoms with van der Waals surface area (Å²) in [7, 11) is 1.94. The first-order valence-electron chi connectivity index (χ1n) is 6.86. The molecular weight excluding hydrogens is 212 g/mol. The second-order valence-electron chi connectivity index (χ2n) is 5.27. The molecule has 1 aromatic heterocycles. The number of aromatic nitrogens is 3. The third-order valence-corrected chi connectivity index (χ3v) is 3.98. The van der Waals surface area contributed by atoms with E-state index in [-0.39, 0.29) is 6.04 Å². The molecule has 0 spiro atoms. The molecule has 2 N–H and O–H groups in total. The molecule has 0 radical (unpaired) electrons. The topological polar surface area (TPSA) is 56.7 Å². The van der Waals surface area contributed by atoms with E-state index in [0.717, 1.165) is 12.2 Å². The molecule has 1 aliphatic rings. The largest absolute Gasteiger partial charge is 0.327 e. The fourth-order valence-corrected chi connectivity index (χ4v) is 2.80. The summed E-state index contributed by atoms with van der Waals surface area (Å²) in [4.78, 5) is 4.26. The molecule has 0 aliphatic heterocycles. The number of nitrogens with two attached hydrogens (primary N) is 1. The first-order chi connectivity index (χ1) is 8.27. The Hall–Kier alpha value is -0.900. The normalized spacial score (nSPS) is 20.8. The lowest BCUT2D eigenvalue weighted by Gasteiger charge is -2.25. The van der Waals surface area contributed by atoms with Crippen molar-refractivity contribution >= 4 is 0 Å². The third kappa shape index (κ3) is 3.53. The van der Waals surface area contributed by atoms with Crippen LogP contribution in [-0.2, 0) is 13.5 Å². The van der Waals surface area contributed by atoms with Gasteiger partial charge >= 0.3 is 0 Å². The number of hydrogen-bond acceptors (Lipinski definition) is 3. The fourth-order valence-electron chi connectivity index (χ4n) is 2.80. The third-order valence-electron chi connectivity index (χ3n) is 3.98. The number of hydrogen-bond donors (Lipinski definition) is 1. The lowest BCUT2D eigenvalue weighted by atomic mass is 9.85. The van der Waals surface area contributed by atoms with Crippen molar-refractivity contribution in [2.24, 2.45) is 18.7 Å². The SMILES string of the molecule is Cn1ncnc1CC(N)C1CCCCCCC1. The van der Waals surface area contributed by atoms with E-state index in [2.05, 4.69) is 10.1 Å². The molecule has 1 fully saturated rings. The van der Waals surface area contributed by atoms with Crippen molar-refractivity contribution in [3.05, 3.63) is 12.2 Å². The zero-order valence-corrected chi connectivity index (χ0v) is 10.8. The lowest BCUT2D eigenvalue weighted by Crippen LogP contribution is -2.33. The Bertz CT molecular complexity index is 326. The van der Waals surface area contributed by atoms with Crippen molar-refractivity contribution in [2.75, 3.05) is 0 Å². The molecule has 1 aliphatic carbocycles. The van der Waals surface area contributed by atoms with Crippen molar-refractivity contribution in [1.82, 2.24) is 14.8 Å². The van der Waals surface area contributed by atoms with Crippen molar-refractivity contribution in [2.45, 2.75) is 57.4 Å². The quantitative estimate of drug-likeness (QED) is 0.873. The van der Waals surface area contributed by atoms with Crippen molar-refractivity contribution < 1.29 is 0 Å². The van der Waals surface area contributed by atoms with Gasteiger partial charge in [-0.05, 0) is 18.8 Å². The van der Waals surface area contributed by atoms with E-state index < -0.39 is 0 Å². The van der Waals surface area contributed by atoms with Gasteiger partial charge in [-0.15, -0.1) is 0 Å². The monoisotopic (exact) mass is 236 g/mol. The average Bonchev–Trinajstić information content (AvgIpc) is 2.63. The van der Waals surface area contributed by atoms with Crippen LogP contribution in [-0.4, -0.2) is 20.8 Å². The maximum Gasteiger partial charge on any atom is 0.138 e. The van der Waals surface area contributed by atoms with Crippen LogP contribution in [0, 0.1) is 5.92 Å². The van der Waals surface area contributed by atoms with Gasteiger partial charge in [0, 0.05) is 19.5 Å². The van der Waals surface area contributed by atoms with Gasteiger partial charge in [0.2, 0.25) is 0 Å². The molecule has 0 bridgehead atoms. The van der Waals surface area contributed by atoms with Crippen LogP contribution in [0.25, 0.3) is 0 Å². The first kappa shape index (κ1) is 12.6. The molecule has 4 nitrogen and oxygen atoms in total. The van der Waals surface area contributed by atoms with E-state index >= 15 is 0 Å². The Morgan fingerprint density at radius 3 is 2.53 bits per heavy atom. The molecule has 0 saturated heterocycles. The van der Waals surface area contributed by atoms with Crippen molar-refractivity contribution in [3.8, 4) is 0 Å². The van der Waals surface area contributed by atoms with Gasteiger partial charge in [-0.1, -0.05) is 32.1 Å². The minimum atomic E-state index is 0.246. The highest BCUT2D eigenvalue weighted by Crippen LogP contribution is 2.25. The summed E-state index contributed by atoms with van der Waals surface area (Å²) in [5.74, 6) is 1.69. The van der Waals surface area contributed by atoms with E-state index in [0.29, 0.717) is 5.92 Å². The lowest BCUT2D eigenvalue weighted by molar-refractivity contribution is 0.318. The number of nitrogens with zero attached hydrogens (tertiary/aromatic N) is 3. The summed E-state index contributed by atoms with van der Waals surface area (Å²) in [6.45, 7) is 0. The zero-order chi connectivity index (χ0) is 12.1. The maximum absolute atomic E-state index is 6.35. The average molecular weight is 236 g/mol. The van der Waals surface area contributed by atoms with Crippen LogP contribution >= 0.6 is 0 Å². The van der Waals surface area contributed by atoms with Gasteiger partial charge in [0.05, 0.1) is 0 Å². The maximum atomic E-state index is 6.35. The van der Waals surface area contributed by atoms with E-state index in [1.54, 1.807) is 6.33 Å². The standard InChI is InChI=1S/C13H24N4/c1-17-13(15-10-16-17)9-12(14)11-7-5-3-2-4-6-8-11/h10-12H,2-9,14H2,1H3. The van der Waals surface area contributed by atoms with Gasteiger partial charge in [0.1, 0.15) is 12.2 Å². The molecule has 0 amide bonds. The summed E-state index contributed by atoms with van der Waals surface area (Å²) in [6, 6.07) is 0.246. The Balaban J connectivity index is 1.89. The molecular formula is C13H24N4. The molecule has 4 heteroatoms. The van der Waals surface area contributed by atoms with Gasteiger partial charge in [-0.3, -0.25) is 4.68 Å². The van der Waals surface area contributed by atoms with Gasteiger partial charge < -0.3 is 5.73 Å². The molecule has 2 rings (SSSR count). The second kappa shape index (κ2) is 6.15.